The first-order valence-electron chi connectivity index (χ1n) is 2.15. The smallest absolute Gasteiger partial charge is 0.212 e. The highest BCUT2D eigenvalue weighted by molar-refractivity contribution is 9.09. The van der Waals surface area contributed by atoms with E-state index in [4.69, 9.17) is 0 Å². The molecule has 50 valence electrons. The number of sulfonamides is 1. The van der Waals surface area contributed by atoms with E-state index in [0.717, 1.165) is 0 Å². The number of rotatable bonds is 3. The lowest BCUT2D eigenvalue weighted by Gasteiger charge is -1.96. The van der Waals surface area contributed by atoms with Gasteiger partial charge in [-0.25, -0.2) is 13.1 Å². The van der Waals surface area contributed by atoms with Gasteiger partial charge in [0.25, 0.3) is 0 Å². The fourth-order valence-electron chi connectivity index (χ4n) is 0.185. The predicted octanol–water partition coefficient (Wildman–Crippen LogP) is 0.278. The second-order valence-electron chi connectivity index (χ2n) is 1.18. The first-order valence-corrected chi connectivity index (χ1v) is 4.93. The molecule has 0 aromatic carbocycles. The zero-order valence-corrected chi connectivity index (χ0v) is 6.92. The Bertz CT molecular complexity index is 141. The predicted molar refractivity (Wildman–Crippen MR) is 36.4 cm³/mol. The summed E-state index contributed by atoms with van der Waals surface area (Å²) >= 11 is 2.94. The highest BCUT2D eigenvalue weighted by atomic mass is 79.9. The molecule has 0 radical (unpaired) electrons. The van der Waals surface area contributed by atoms with E-state index in [-0.39, 0.29) is 5.75 Å². The molecule has 8 heavy (non-hydrogen) atoms. The molecule has 0 spiro atoms. The molecule has 0 saturated heterocycles. The van der Waals surface area contributed by atoms with Crippen LogP contribution in [0, 0.1) is 0 Å². The van der Waals surface area contributed by atoms with Gasteiger partial charge in [-0.15, -0.1) is 0 Å². The Kier molecular flexibility index (Phi) is 3.59. The highest BCUT2D eigenvalue weighted by Crippen LogP contribution is 1.82. The minimum Gasteiger partial charge on any atom is -0.212 e. The van der Waals surface area contributed by atoms with Gasteiger partial charge in [0.1, 0.15) is 0 Å². The van der Waals surface area contributed by atoms with E-state index in [9.17, 15) is 8.42 Å². The summed E-state index contributed by atoms with van der Waals surface area (Å²) in [5, 5.41) is 0. The second kappa shape index (κ2) is 3.42. The third-order valence-electron chi connectivity index (χ3n) is 0.655. The molecular weight excluding hydrogens is 194 g/mol. The van der Waals surface area contributed by atoms with Crippen molar-refractivity contribution in [2.75, 3.05) is 11.2 Å². The van der Waals surface area contributed by atoms with Gasteiger partial charge in [0.2, 0.25) is 10.0 Å². The maximum Gasteiger partial charge on any atom is 0.212 e. The molecule has 0 atom stereocenters. The van der Waals surface area contributed by atoms with Crippen LogP contribution in [0.1, 0.15) is 6.92 Å². The molecule has 0 aliphatic heterocycles. The van der Waals surface area contributed by atoms with Crippen molar-refractivity contribution in [3.63, 3.8) is 0 Å². The van der Waals surface area contributed by atoms with Crippen molar-refractivity contribution in [3.8, 4) is 0 Å². The summed E-state index contributed by atoms with van der Waals surface area (Å²) in [6, 6.07) is 0. The average Bonchev–Trinajstić information content (AvgIpc) is 1.67. The largest absolute Gasteiger partial charge is 0.212 e. The van der Waals surface area contributed by atoms with E-state index >= 15 is 0 Å². The minimum atomic E-state index is -2.97. The monoisotopic (exact) mass is 201 g/mol. The Hall–Kier alpha value is 0.390. The van der Waals surface area contributed by atoms with Crippen molar-refractivity contribution in [2.45, 2.75) is 6.92 Å². The van der Waals surface area contributed by atoms with Gasteiger partial charge in [0, 0.05) is 0 Å². The van der Waals surface area contributed by atoms with Gasteiger partial charge >= 0.3 is 0 Å². The van der Waals surface area contributed by atoms with Crippen LogP contribution in [0.15, 0.2) is 0 Å². The van der Waals surface area contributed by atoms with Gasteiger partial charge in [-0.2, -0.15) is 0 Å². The van der Waals surface area contributed by atoms with Crippen LogP contribution in [0.25, 0.3) is 0 Å². The molecule has 0 unspecified atom stereocenters. The van der Waals surface area contributed by atoms with Crippen molar-refractivity contribution in [3.05, 3.63) is 0 Å². The van der Waals surface area contributed by atoms with Gasteiger partial charge in [0.15, 0.2) is 0 Å². The summed E-state index contributed by atoms with van der Waals surface area (Å²) in [6.07, 6.45) is 0. The van der Waals surface area contributed by atoms with E-state index in [0.29, 0.717) is 5.45 Å². The highest BCUT2D eigenvalue weighted by Gasteiger charge is 2.01. The summed E-state index contributed by atoms with van der Waals surface area (Å²) < 4.78 is 23.2. The van der Waals surface area contributed by atoms with Crippen LogP contribution >= 0.6 is 15.9 Å². The van der Waals surface area contributed by atoms with Crippen LogP contribution in [0.5, 0.6) is 0 Å². The molecule has 0 bridgehead atoms. The van der Waals surface area contributed by atoms with Crippen LogP contribution in [0.2, 0.25) is 0 Å². The Morgan fingerprint density at radius 2 is 2.12 bits per heavy atom. The first kappa shape index (κ1) is 8.39. The lowest BCUT2D eigenvalue weighted by Crippen LogP contribution is -2.23. The molecule has 0 amide bonds. The van der Waals surface area contributed by atoms with E-state index < -0.39 is 10.0 Å². The Morgan fingerprint density at radius 1 is 1.62 bits per heavy atom. The summed E-state index contributed by atoms with van der Waals surface area (Å²) in [5.41, 5.74) is 0.295. The minimum absolute atomic E-state index is 0.137. The molecule has 3 nitrogen and oxygen atoms in total. The summed E-state index contributed by atoms with van der Waals surface area (Å²) in [6.45, 7) is 1.59. The Labute approximate surface area is 57.6 Å². The molecule has 0 saturated carbocycles. The van der Waals surface area contributed by atoms with Crippen LogP contribution in [0.3, 0.4) is 0 Å². The molecule has 5 heteroatoms. The molecule has 0 aliphatic rings. The molecule has 0 aromatic heterocycles. The molecule has 0 fully saturated rings. The standard InChI is InChI=1S/C3H8BrNO2S/c1-2-8(6,7)5-3-4/h5H,2-3H2,1H3. The zero-order valence-electron chi connectivity index (χ0n) is 4.52. The molecule has 0 rings (SSSR count). The van der Waals surface area contributed by atoms with Crippen molar-refractivity contribution >= 4 is 26.0 Å². The Balaban J connectivity index is 3.76. The lowest BCUT2D eigenvalue weighted by atomic mass is 11.0. The fourth-order valence-corrected chi connectivity index (χ4v) is 1.60. The first-order chi connectivity index (χ1) is 3.62. The number of hydrogen-bond donors (Lipinski definition) is 1. The SMILES string of the molecule is CCS(=O)(=O)NCBr. The summed E-state index contributed by atoms with van der Waals surface area (Å²) in [5.74, 6) is 0.137. The molecular formula is C3H8BrNO2S. The number of halogens is 1. The average molecular weight is 202 g/mol. The molecule has 1 N–H and O–H groups in total. The number of hydrogen-bond acceptors (Lipinski definition) is 2. The van der Waals surface area contributed by atoms with Gasteiger partial charge in [-0.3, -0.25) is 0 Å². The van der Waals surface area contributed by atoms with Gasteiger partial charge in [-0.1, -0.05) is 15.9 Å². The summed E-state index contributed by atoms with van der Waals surface area (Å²) in [7, 11) is -2.97. The third kappa shape index (κ3) is 3.40. The Morgan fingerprint density at radius 3 is 2.25 bits per heavy atom. The number of alkyl halides is 1. The van der Waals surface area contributed by atoms with Crippen LogP contribution < -0.4 is 4.72 Å². The topological polar surface area (TPSA) is 46.2 Å². The third-order valence-corrected chi connectivity index (χ3v) is 2.65. The van der Waals surface area contributed by atoms with Gasteiger partial charge < -0.3 is 0 Å². The van der Waals surface area contributed by atoms with E-state index in [1.54, 1.807) is 6.92 Å². The molecule has 0 heterocycles. The molecule has 0 aromatic rings. The fraction of sp³-hybridized carbons (Fsp3) is 1.00. The van der Waals surface area contributed by atoms with E-state index in [1.807, 2.05) is 0 Å². The maximum atomic E-state index is 10.5. The van der Waals surface area contributed by atoms with Crippen LogP contribution in [-0.2, 0) is 10.0 Å². The van der Waals surface area contributed by atoms with E-state index in [1.165, 1.54) is 0 Å². The quantitative estimate of drug-likeness (QED) is 0.527. The van der Waals surface area contributed by atoms with Gasteiger partial charge in [-0.05, 0) is 6.92 Å². The maximum absolute atomic E-state index is 10.5. The van der Waals surface area contributed by atoms with Crippen molar-refractivity contribution in [1.29, 1.82) is 0 Å². The van der Waals surface area contributed by atoms with Crippen molar-refractivity contribution in [2.24, 2.45) is 0 Å². The van der Waals surface area contributed by atoms with Gasteiger partial charge in [0.05, 0.1) is 11.2 Å². The lowest BCUT2D eigenvalue weighted by molar-refractivity contribution is 0.589. The van der Waals surface area contributed by atoms with Crippen LogP contribution in [0.4, 0.5) is 0 Å². The second-order valence-corrected chi connectivity index (χ2v) is 3.84. The van der Waals surface area contributed by atoms with Crippen LogP contribution in [-0.4, -0.2) is 19.6 Å². The normalized spacial score (nSPS) is 11.8. The number of nitrogens with one attached hydrogen (secondary N) is 1. The van der Waals surface area contributed by atoms with Crippen molar-refractivity contribution in [1.82, 2.24) is 4.72 Å². The van der Waals surface area contributed by atoms with E-state index in [2.05, 4.69) is 20.7 Å². The summed E-state index contributed by atoms with van der Waals surface area (Å²) in [4.78, 5) is 0. The zero-order chi connectivity index (χ0) is 6.62. The van der Waals surface area contributed by atoms with Crippen molar-refractivity contribution < 1.29 is 8.42 Å². The molecule has 0 aliphatic carbocycles.